The molecule has 35 heavy (non-hydrogen) atoms. The lowest BCUT2D eigenvalue weighted by Crippen LogP contribution is -2.29. The molecule has 1 aliphatic heterocycles. The molecule has 3 aromatic heterocycles. The van der Waals surface area contributed by atoms with Crippen molar-refractivity contribution in [2.75, 3.05) is 11.5 Å². The summed E-state index contributed by atoms with van der Waals surface area (Å²) in [5.41, 5.74) is 2.22. The number of aromatic nitrogens is 3. The number of thiazole rings is 1. The van der Waals surface area contributed by atoms with E-state index in [0.29, 0.717) is 40.1 Å². The van der Waals surface area contributed by atoms with Gasteiger partial charge in [0.2, 0.25) is 0 Å². The maximum absolute atomic E-state index is 13.3. The maximum Gasteiger partial charge on any atom is 0.301 e. The molecule has 178 valence electrons. The van der Waals surface area contributed by atoms with Crippen molar-refractivity contribution in [1.82, 2.24) is 14.4 Å². The number of aliphatic hydroxyl groups is 1. The van der Waals surface area contributed by atoms with Crippen molar-refractivity contribution < 1.29 is 19.4 Å². The number of hydrogen-bond donors (Lipinski definition) is 1. The molecule has 1 saturated heterocycles. The number of ether oxygens (including phenoxy) is 1. The summed E-state index contributed by atoms with van der Waals surface area (Å²) in [4.78, 5) is 36.7. The average molecular weight is 489 g/mol. The van der Waals surface area contributed by atoms with Gasteiger partial charge in [-0.1, -0.05) is 31.5 Å². The summed E-state index contributed by atoms with van der Waals surface area (Å²) in [6.45, 7) is 4.47. The van der Waals surface area contributed by atoms with Gasteiger partial charge in [-0.25, -0.2) is 9.97 Å². The molecule has 0 saturated carbocycles. The van der Waals surface area contributed by atoms with Crippen molar-refractivity contribution in [3.63, 3.8) is 0 Å². The number of hydrogen-bond acceptors (Lipinski definition) is 7. The number of carbonyl (C=O) groups is 2. The molecule has 1 atom stereocenters. The van der Waals surface area contributed by atoms with Crippen LogP contribution in [-0.2, 0) is 9.59 Å². The van der Waals surface area contributed by atoms with Crippen LogP contribution in [0.4, 0.5) is 5.13 Å². The standard InChI is InChI=1S/C26H24N4O4S/c1-3-4-14-34-18-10-8-17(9-11-18)22-20(24(32)25(33)30(22)26-27-12-15-35-26)23(31)21-16(2)28-19-7-5-6-13-29(19)21/h5-13,15,22,31H,3-4,14H2,1-2H3/b23-20+. The van der Waals surface area contributed by atoms with Crippen LogP contribution in [0, 0.1) is 6.92 Å². The highest BCUT2D eigenvalue weighted by atomic mass is 32.1. The summed E-state index contributed by atoms with van der Waals surface area (Å²) in [5, 5.41) is 13.6. The van der Waals surface area contributed by atoms with Crippen LogP contribution in [0.2, 0.25) is 0 Å². The Morgan fingerprint density at radius 2 is 1.97 bits per heavy atom. The van der Waals surface area contributed by atoms with Gasteiger partial charge >= 0.3 is 5.91 Å². The molecule has 1 aromatic carbocycles. The van der Waals surface area contributed by atoms with Crippen LogP contribution in [0.25, 0.3) is 11.4 Å². The van der Waals surface area contributed by atoms with Gasteiger partial charge in [0, 0.05) is 17.8 Å². The normalized spacial score (nSPS) is 17.4. The summed E-state index contributed by atoms with van der Waals surface area (Å²) in [5.74, 6) is -1.07. The zero-order valence-corrected chi connectivity index (χ0v) is 20.2. The van der Waals surface area contributed by atoms with Crippen molar-refractivity contribution in [2.24, 2.45) is 0 Å². The molecule has 9 heteroatoms. The fourth-order valence-electron chi connectivity index (χ4n) is 4.29. The predicted octanol–water partition coefficient (Wildman–Crippen LogP) is 4.90. The molecule has 1 unspecified atom stereocenters. The predicted molar refractivity (Wildman–Crippen MR) is 134 cm³/mol. The van der Waals surface area contributed by atoms with Crippen LogP contribution in [0.1, 0.15) is 42.8 Å². The number of aryl methyl sites for hydroxylation is 1. The smallest absolute Gasteiger partial charge is 0.301 e. The van der Waals surface area contributed by atoms with Crippen molar-refractivity contribution in [3.8, 4) is 5.75 Å². The number of carbonyl (C=O) groups excluding carboxylic acids is 2. The van der Waals surface area contributed by atoms with E-state index in [1.165, 1.54) is 16.2 Å². The third-order valence-electron chi connectivity index (χ3n) is 5.96. The van der Waals surface area contributed by atoms with E-state index in [2.05, 4.69) is 16.9 Å². The van der Waals surface area contributed by atoms with E-state index >= 15 is 0 Å². The summed E-state index contributed by atoms with van der Waals surface area (Å²) < 4.78 is 7.48. The Kier molecular flexibility index (Phi) is 6.08. The maximum atomic E-state index is 13.3. The van der Waals surface area contributed by atoms with Gasteiger partial charge in [0.15, 0.2) is 10.9 Å². The number of fused-ring (bicyclic) bond motifs is 1. The minimum Gasteiger partial charge on any atom is -0.505 e. The Balaban J connectivity index is 1.66. The fraction of sp³-hybridized carbons (Fsp3) is 0.231. The largest absolute Gasteiger partial charge is 0.505 e. The molecule has 1 N–H and O–H groups in total. The van der Waals surface area contributed by atoms with Crippen LogP contribution >= 0.6 is 11.3 Å². The van der Waals surface area contributed by atoms with Crippen molar-refractivity contribution in [2.45, 2.75) is 32.7 Å². The Morgan fingerprint density at radius 1 is 1.17 bits per heavy atom. The molecule has 4 aromatic rings. The van der Waals surface area contributed by atoms with Crippen LogP contribution in [0.5, 0.6) is 5.75 Å². The minimum absolute atomic E-state index is 0.00129. The van der Waals surface area contributed by atoms with Gasteiger partial charge in [0.25, 0.3) is 5.78 Å². The first-order valence-electron chi connectivity index (χ1n) is 11.4. The lowest BCUT2D eigenvalue weighted by Gasteiger charge is -2.23. The number of amides is 1. The second kappa shape index (κ2) is 9.34. The Labute approximate surface area is 206 Å². The van der Waals surface area contributed by atoms with Gasteiger partial charge < -0.3 is 9.84 Å². The molecule has 8 nitrogen and oxygen atoms in total. The molecule has 1 amide bonds. The number of benzene rings is 1. The second-order valence-corrected chi connectivity index (χ2v) is 9.10. The van der Waals surface area contributed by atoms with E-state index in [4.69, 9.17) is 4.74 Å². The topological polar surface area (TPSA) is 97.0 Å². The number of ketones is 1. The highest BCUT2D eigenvalue weighted by Crippen LogP contribution is 2.43. The third-order valence-corrected chi connectivity index (χ3v) is 6.73. The molecule has 0 spiro atoms. The van der Waals surface area contributed by atoms with E-state index in [0.717, 1.165) is 12.8 Å². The Morgan fingerprint density at radius 3 is 2.69 bits per heavy atom. The molecular weight excluding hydrogens is 464 g/mol. The number of aliphatic hydroxyl groups excluding tert-OH is 1. The van der Waals surface area contributed by atoms with Gasteiger partial charge in [0.1, 0.15) is 17.1 Å². The zero-order valence-electron chi connectivity index (χ0n) is 19.3. The van der Waals surface area contributed by atoms with E-state index in [9.17, 15) is 14.7 Å². The number of Topliss-reactive ketones (excluding diaryl/α,β-unsaturated/α-hetero) is 1. The zero-order chi connectivity index (χ0) is 24.5. The average Bonchev–Trinajstić information content (AvgIpc) is 3.56. The van der Waals surface area contributed by atoms with Crippen molar-refractivity contribution in [3.05, 3.63) is 82.8 Å². The summed E-state index contributed by atoms with van der Waals surface area (Å²) >= 11 is 1.25. The third kappa shape index (κ3) is 3.97. The van der Waals surface area contributed by atoms with Crippen LogP contribution < -0.4 is 9.64 Å². The number of imidazole rings is 1. The molecular formula is C26H24N4O4S. The highest BCUT2D eigenvalue weighted by Gasteiger charge is 2.48. The molecule has 0 bridgehead atoms. The quantitative estimate of drug-likeness (QED) is 0.172. The van der Waals surface area contributed by atoms with Gasteiger partial charge in [-0.15, -0.1) is 11.3 Å². The monoisotopic (exact) mass is 488 g/mol. The number of nitrogens with zero attached hydrogens (tertiary/aromatic N) is 4. The molecule has 1 fully saturated rings. The van der Waals surface area contributed by atoms with Crippen molar-refractivity contribution in [1.29, 1.82) is 0 Å². The van der Waals surface area contributed by atoms with Crippen LogP contribution in [0.15, 0.2) is 65.8 Å². The molecule has 0 radical (unpaired) electrons. The van der Waals surface area contributed by atoms with Crippen LogP contribution in [0.3, 0.4) is 0 Å². The first-order valence-corrected chi connectivity index (χ1v) is 12.3. The van der Waals surface area contributed by atoms with Gasteiger partial charge in [-0.05, 0) is 43.2 Å². The first-order chi connectivity index (χ1) is 17.0. The SMILES string of the molecule is CCCCOc1ccc(C2/C(=C(\O)c3c(C)nc4ccccn34)C(=O)C(=O)N2c2nccs2)cc1. The van der Waals surface area contributed by atoms with Crippen molar-refractivity contribution >= 4 is 39.6 Å². The second-order valence-electron chi connectivity index (χ2n) is 8.23. The van der Waals surface area contributed by atoms with Crippen LogP contribution in [-0.4, -0.2) is 37.8 Å². The molecule has 1 aliphatic rings. The van der Waals surface area contributed by atoms with E-state index in [1.54, 1.807) is 29.1 Å². The summed E-state index contributed by atoms with van der Waals surface area (Å²) in [6.07, 6.45) is 5.32. The number of pyridine rings is 1. The van der Waals surface area contributed by atoms with Gasteiger partial charge in [-0.2, -0.15) is 0 Å². The van der Waals surface area contributed by atoms with E-state index in [-0.39, 0.29) is 11.3 Å². The van der Waals surface area contributed by atoms with E-state index < -0.39 is 17.7 Å². The molecule has 5 rings (SSSR count). The first kappa shape index (κ1) is 22.8. The molecule has 4 heterocycles. The van der Waals surface area contributed by atoms with E-state index in [1.807, 2.05) is 42.5 Å². The summed E-state index contributed by atoms with van der Waals surface area (Å²) in [7, 11) is 0. The lowest BCUT2D eigenvalue weighted by atomic mass is 9.96. The Hall–Kier alpha value is -3.98. The number of rotatable bonds is 7. The number of unbranched alkanes of at least 4 members (excludes halogenated alkanes) is 1. The van der Waals surface area contributed by atoms with Gasteiger partial charge in [0.05, 0.1) is 23.9 Å². The fourth-order valence-corrected chi connectivity index (χ4v) is 4.95. The molecule has 0 aliphatic carbocycles. The Bertz CT molecular complexity index is 1420. The van der Waals surface area contributed by atoms with Gasteiger partial charge in [-0.3, -0.25) is 18.9 Å². The summed E-state index contributed by atoms with van der Waals surface area (Å²) in [6, 6.07) is 11.9. The lowest BCUT2D eigenvalue weighted by molar-refractivity contribution is -0.132. The minimum atomic E-state index is -0.848. The highest BCUT2D eigenvalue weighted by molar-refractivity contribution is 7.14. The number of anilines is 1.